The van der Waals surface area contributed by atoms with Crippen LogP contribution in [0.15, 0.2) is 89.8 Å². The summed E-state index contributed by atoms with van der Waals surface area (Å²) in [6.07, 6.45) is 4.87. The van der Waals surface area contributed by atoms with E-state index in [9.17, 15) is 13.2 Å². The fourth-order valence-corrected chi connectivity index (χ4v) is 7.36. The molecule has 2 atom stereocenters. The quantitative estimate of drug-likeness (QED) is 0.215. The van der Waals surface area contributed by atoms with Gasteiger partial charge in [-0.2, -0.15) is 13.5 Å². The third-order valence-corrected chi connectivity index (χ3v) is 10.2. The van der Waals surface area contributed by atoms with Crippen molar-refractivity contribution in [3.05, 3.63) is 95.5 Å². The van der Waals surface area contributed by atoms with Gasteiger partial charge in [-0.05, 0) is 90.4 Å². The molecule has 7 nitrogen and oxygen atoms in total. The molecule has 4 aromatic rings. The molecule has 2 fully saturated rings. The Kier molecular flexibility index (Phi) is 8.85. The van der Waals surface area contributed by atoms with E-state index in [1.807, 2.05) is 6.07 Å². The standard InChI is InChI=1S/C34H34ClF2N3O4S/c35-27-13-7-23(8-14-27)22-5-11-26(12-6-22)34(36,37)32(33(41)40-18-17-28(38)21-40)39-45(42,43)31-16-10-24-19-30(15-9-25(24)20-31)44-29-3-1-2-4-29/h5-16,19-20,28-29,32,39H,1-4,17-18,21,38H2/t28-,32?/m1/s1. The molecule has 2 aliphatic rings. The molecule has 11 heteroatoms. The highest BCUT2D eigenvalue weighted by Crippen LogP contribution is 2.36. The highest BCUT2D eigenvalue weighted by Gasteiger charge is 2.50. The SMILES string of the molecule is N[C@@H]1CCN(C(=O)C(NS(=O)(=O)c2ccc3cc(OC4CCCC4)ccc3c2)C(F)(F)c2ccc(-c3ccc(Cl)cc3)cc2)C1. The lowest BCUT2D eigenvalue weighted by molar-refractivity contribution is -0.143. The Morgan fingerprint density at radius 1 is 0.911 bits per heavy atom. The molecular formula is C34H34ClF2N3O4S. The van der Waals surface area contributed by atoms with Crippen molar-refractivity contribution in [3.63, 3.8) is 0 Å². The van der Waals surface area contributed by atoms with Gasteiger partial charge >= 0.3 is 0 Å². The van der Waals surface area contributed by atoms with E-state index in [-0.39, 0.29) is 30.1 Å². The van der Waals surface area contributed by atoms with Gasteiger partial charge in [-0.25, -0.2) is 8.42 Å². The summed E-state index contributed by atoms with van der Waals surface area (Å²) in [5.41, 5.74) is 6.88. The van der Waals surface area contributed by atoms with Crippen LogP contribution in [0.25, 0.3) is 21.9 Å². The van der Waals surface area contributed by atoms with Gasteiger partial charge in [0.2, 0.25) is 15.9 Å². The number of alkyl halides is 2. The maximum absolute atomic E-state index is 16.3. The van der Waals surface area contributed by atoms with Crippen molar-refractivity contribution in [2.75, 3.05) is 13.1 Å². The van der Waals surface area contributed by atoms with Crippen molar-refractivity contribution < 1.29 is 26.7 Å². The molecule has 0 aromatic heterocycles. The first kappa shape index (κ1) is 31.4. The van der Waals surface area contributed by atoms with Crippen molar-refractivity contribution in [2.45, 2.75) is 61.1 Å². The number of ether oxygens (including phenoxy) is 1. The van der Waals surface area contributed by atoms with Crippen molar-refractivity contribution in [1.82, 2.24) is 9.62 Å². The third-order valence-electron chi connectivity index (χ3n) is 8.56. The van der Waals surface area contributed by atoms with Crippen molar-refractivity contribution in [3.8, 4) is 16.9 Å². The Labute approximate surface area is 266 Å². The first-order valence-electron chi connectivity index (χ1n) is 15.0. The van der Waals surface area contributed by atoms with Gasteiger partial charge in [0.05, 0.1) is 11.0 Å². The molecule has 6 rings (SSSR count). The van der Waals surface area contributed by atoms with E-state index in [2.05, 4.69) is 4.72 Å². The number of likely N-dealkylation sites (tertiary alicyclic amines) is 1. The minimum Gasteiger partial charge on any atom is -0.490 e. The van der Waals surface area contributed by atoms with Crippen molar-refractivity contribution in [1.29, 1.82) is 0 Å². The van der Waals surface area contributed by atoms with E-state index in [1.165, 1.54) is 41.3 Å². The Morgan fingerprint density at radius 3 is 2.18 bits per heavy atom. The number of carbonyl (C=O) groups excluding carboxylic acids is 1. The number of sulfonamides is 1. The lowest BCUT2D eigenvalue weighted by Gasteiger charge is -2.30. The van der Waals surface area contributed by atoms with Gasteiger partial charge in [-0.3, -0.25) is 4.79 Å². The molecule has 0 radical (unpaired) electrons. The number of fused-ring (bicyclic) bond motifs is 1. The van der Waals surface area contributed by atoms with Crippen LogP contribution < -0.4 is 15.2 Å². The van der Waals surface area contributed by atoms with E-state index in [0.717, 1.165) is 36.6 Å². The summed E-state index contributed by atoms with van der Waals surface area (Å²) in [7, 11) is -4.57. The number of hydrogen-bond acceptors (Lipinski definition) is 5. The normalized spacial score (nSPS) is 18.4. The van der Waals surface area contributed by atoms with Crippen LogP contribution in [-0.4, -0.2) is 50.5 Å². The summed E-state index contributed by atoms with van der Waals surface area (Å²) >= 11 is 5.97. The summed E-state index contributed by atoms with van der Waals surface area (Å²) in [5.74, 6) is -4.23. The molecule has 45 heavy (non-hydrogen) atoms. The van der Waals surface area contributed by atoms with Gasteiger partial charge in [0.25, 0.3) is 5.92 Å². The number of hydrogen-bond donors (Lipinski definition) is 2. The van der Waals surface area contributed by atoms with Crippen molar-refractivity contribution >= 4 is 38.3 Å². The van der Waals surface area contributed by atoms with Gasteiger partial charge in [0.1, 0.15) is 5.75 Å². The van der Waals surface area contributed by atoms with Crippen LogP contribution >= 0.6 is 11.6 Å². The summed E-state index contributed by atoms with van der Waals surface area (Å²) in [6, 6.07) is 19.3. The molecule has 4 aromatic carbocycles. The average molecular weight is 654 g/mol. The number of nitrogens with zero attached hydrogens (tertiary/aromatic N) is 1. The summed E-state index contributed by atoms with van der Waals surface area (Å²) in [5, 5.41) is 1.88. The molecule has 3 N–H and O–H groups in total. The molecule has 0 bridgehead atoms. The molecular weight excluding hydrogens is 620 g/mol. The molecule has 1 heterocycles. The predicted molar refractivity (Wildman–Crippen MR) is 171 cm³/mol. The van der Waals surface area contributed by atoms with E-state index in [1.54, 1.807) is 42.5 Å². The Hall–Kier alpha value is -3.57. The van der Waals surface area contributed by atoms with Gasteiger partial charge in [0.15, 0.2) is 6.04 Å². The second kappa shape index (κ2) is 12.7. The van der Waals surface area contributed by atoms with Crippen LogP contribution in [0.3, 0.4) is 0 Å². The molecule has 1 saturated heterocycles. The largest absolute Gasteiger partial charge is 0.490 e. The highest BCUT2D eigenvalue weighted by molar-refractivity contribution is 7.89. The Balaban J connectivity index is 1.29. The van der Waals surface area contributed by atoms with Gasteiger partial charge in [-0.1, -0.05) is 60.1 Å². The molecule has 1 aliphatic heterocycles. The highest BCUT2D eigenvalue weighted by atomic mass is 35.5. The Bertz CT molecular complexity index is 1800. The molecule has 1 saturated carbocycles. The lowest BCUT2D eigenvalue weighted by atomic mass is 9.97. The molecule has 1 amide bonds. The fraction of sp³-hybridized carbons (Fsp3) is 0.324. The van der Waals surface area contributed by atoms with Crippen LogP contribution in [0.2, 0.25) is 5.02 Å². The zero-order valence-electron chi connectivity index (χ0n) is 24.5. The molecule has 1 unspecified atom stereocenters. The minimum atomic E-state index is -4.57. The van der Waals surface area contributed by atoms with Crippen LogP contribution in [0.5, 0.6) is 5.75 Å². The second-order valence-corrected chi connectivity index (χ2v) is 13.9. The van der Waals surface area contributed by atoms with E-state index < -0.39 is 33.5 Å². The van der Waals surface area contributed by atoms with Gasteiger partial charge < -0.3 is 15.4 Å². The summed E-state index contributed by atoms with van der Waals surface area (Å²) in [4.78, 5) is 14.5. The smallest absolute Gasteiger partial charge is 0.298 e. The average Bonchev–Trinajstić information content (AvgIpc) is 3.71. The Morgan fingerprint density at radius 2 is 1.53 bits per heavy atom. The first-order chi connectivity index (χ1) is 21.5. The zero-order chi connectivity index (χ0) is 31.8. The topological polar surface area (TPSA) is 102 Å². The second-order valence-electron chi connectivity index (χ2n) is 11.8. The number of benzene rings is 4. The maximum atomic E-state index is 16.3. The van der Waals surface area contributed by atoms with Gasteiger partial charge in [0, 0.05) is 29.7 Å². The first-order valence-corrected chi connectivity index (χ1v) is 16.9. The van der Waals surface area contributed by atoms with Crippen LogP contribution in [-0.2, 0) is 20.7 Å². The number of amides is 1. The summed E-state index contributed by atoms with van der Waals surface area (Å²) in [6.45, 7) is 0.217. The van der Waals surface area contributed by atoms with Crippen LogP contribution in [0, 0.1) is 0 Å². The van der Waals surface area contributed by atoms with Crippen LogP contribution in [0.4, 0.5) is 8.78 Å². The van der Waals surface area contributed by atoms with E-state index in [0.29, 0.717) is 28.1 Å². The van der Waals surface area contributed by atoms with E-state index in [4.69, 9.17) is 22.1 Å². The minimum absolute atomic E-state index is 0.0594. The maximum Gasteiger partial charge on any atom is 0.298 e. The monoisotopic (exact) mass is 653 g/mol. The number of halogens is 3. The number of nitrogens with one attached hydrogen (secondary N) is 1. The lowest BCUT2D eigenvalue weighted by Crippen LogP contribution is -2.56. The number of carbonyl (C=O) groups is 1. The summed E-state index contributed by atoms with van der Waals surface area (Å²) < 4.78 is 68.0. The molecule has 236 valence electrons. The fourth-order valence-electron chi connectivity index (χ4n) is 6.01. The molecule has 1 aliphatic carbocycles. The zero-order valence-corrected chi connectivity index (χ0v) is 26.0. The van der Waals surface area contributed by atoms with Crippen molar-refractivity contribution in [2.24, 2.45) is 5.73 Å². The third kappa shape index (κ3) is 6.84. The number of rotatable bonds is 9. The van der Waals surface area contributed by atoms with E-state index >= 15 is 8.78 Å². The number of nitrogens with two attached hydrogens (primary N) is 1. The molecule has 0 spiro atoms. The predicted octanol–water partition coefficient (Wildman–Crippen LogP) is 6.48. The van der Waals surface area contributed by atoms with Gasteiger partial charge in [-0.15, -0.1) is 0 Å². The van der Waals surface area contributed by atoms with Crippen LogP contribution in [0.1, 0.15) is 37.7 Å².